The SMILES string of the molecule is Cc1cc(C)cc(C(=O)N[C@@H](Cc2c3ccccc3cc3ccccc23)C(N)=O)c1. The van der Waals surface area contributed by atoms with Crippen molar-refractivity contribution in [2.75, 3.05) is 0 Å². The number of nitrogens with one attached hydrogen (secondary N) is 1. The first-order valence-electron chi connectivity index (χ1n) is 10.0. The van der Waals surface area contributed by atoms with Crippen LogP contribution in [-0.4, -0.2) is 17.9 Å². The second-order valence-electron chi connectivity index (χ2n) is 7.81. The van der Waals surface area contributed by atoms with E-state index in [-0.39, 0.29) is 5.91 Å². The molecule has 0 heterocycles. The molecule has 4 aromatic rings. The summed E-state index contributed by atoms with van der Waals surface area (Å²) in [6.07, 6.45) is 0.327. The average molecular weight is 396 g/mol. The molecule has 0 radical (unpaired) electrons. The molecule has 1 atom stereocenters. The van der Waals surface area contributed by atoms with E-state index in [9.17, 15) is 9.59 Å². The summed E-state index contributed by atoms with van der Waals surface area (Å²) in [4.78, 5) is 25.1. The summed E-state index contributed by atoms with van der Waals surface area (Å²) >= 11 is 0. The van der Waals surface area contributed by atoms with Crippen molar-refractivity contribution < 1.29 is 9.59 Å². The number of benzene rings is 4. The third-order valence-corrected chi connectivity index (χ3v) is 5.42. The third kappa shape index (κ3) is 3.90. The summed E-state index contributed by atoms with van der Waals surface area (Å²) < 4.78 is 0. The van der Waals surface area contributed by atoms with E-state index in [1.54, 1.807) is 0 Å². The van der Waals surface area contributed by atoms with Gasteiger partial charge in [0.25, 0.3) is 5.91 Å². The van der Waals surface area contributed by atoms with E-state index in [1.165, 1.54) is 0 Å². The van der Waals surface area contributed by atoms with Gasteiger partial charge >= 0.3 is 0 Å². The highest BCUT2D eigenvalue weighted by molar-refractivity contribution is 6.03. The maximum atomic E-state index is 12.9. The van der Waals surface area contributed by atoms with Crippen LogP contribution in [-0.2, 0) is 11.2 Å². The molecule has 30 heavy (non-hydrogen) atoms. The van der Waals surface area contributed by atoms with Gasteiger partial charge in [-0.25, -0.2) is 0 Å². The van der Waals surface area contributed by atoms with Gasteiger partial charge in [0.1, 0.15) is 6.04 Å². The Balaban J connectivity index is 1.73. The molecule has 3 N–H and O–H groups in total. The van der Waals surface area contributed by atoms with E-state index >= 15 is 0 Å². The predicted octanol–water partition coefficient (Wildman–Crippen LogP) is 4.44. The number of carbonyl (C=O) groups excluding carboxylic acids is 2. The highest BCUT2D eigenvalue weighted by Gasteiger charge is 2.22. The molecule has 0 aliphatic heterocycles. The van der Waals surface area contributed by atoms with Crippen LogP contribution in [0.4, 0.5) is 0 Å². The van der Waals surface area contributed by atoms with Crippen LogP contribution < -0.4 is 11.1 Å². The van der Waals surface area contributed by atoms with E-state index < -0.39 is 11.9 Å². The maximum Gasteiger partial charge on any atom is 0.251 e. The first kappa shape index (κ1) is 19.6. The predicted molar refractivity (Wildman–Crippen MR) is 122 cm³/mol. The van der Waals surface area contributed by atoms with Crippen molar-refractivity contribution in [2.24, 2.45) is 5.73 Å². The van der Waals surface area contributed by atoms with Crippen molar-refractivity contribution in [1.82, 2.24) is 5.32 Å². The number of nitrogens with two attached hydrogens (primary N) is 1. The Hall–Kier alpha value is -3.66. The normalized spacial score (nSPS) is 12.1. The fourth-order valence-electron chi connectivity index (χ4n) is 4.10. The van der Waals surface area contributed by atoms with Crippen molar-refractivity contribution in [2.45, 2.75) is 26.3 Å². The number of hydrogen-bond donors (Lipinski definition) is 2. The zero-order valence-electron chi connectivity index (χ0n) is 17.1. The zero-order chi connectivity index (χ0) is 21.3. The summed E-state index contributed by atoms with van der Waals surface area (Å²) in [6.45, 7) is 3.88. The maximum absolute atomic E-state index is 12.9. The van der Waals surface area contributed by atoms with Crippen LogP contribution in [0.5, 0.6) is 0 Å². The zero-order valence-corrected chi connectivity index (χ0v) is 17.1. The highest BCUT2D eigenvalue weighted by atomic mass is 16.2. The summed E-state index contributed by atoms with van der Waals surface area (Å²) in [6, 6.07) is 23.1. The van der Waals surface area contributed by atoms with Crippen LogP contribution in [0.2, 0.25) is 0 Å². The van der Waals surface area contributed by atoms with Crippen LogP contribution in [0.15, 0.2) is 72.8 Å². The Bertz CT molecular complexity index is 1200. The van der Waals surface area contributed by atoms with E-state index in [0.717, 1.165) is 38.2 Å². The first-order valence-corrected chi connectivity index (χ1v) is 10.0. The lowest BCUT2D eigenvalue weighted by Crippen LogP contribution is -2.46. The molecule has 0 aliphatic carbocycles. The topological polar surface area (TPSA) is 72.2 Å². The van der Waals surface area contributed by atoms with Crippen molar-refractivity contribution in [3.05, 3.63) is 95.1 Å². The Labute approximate surface area is 175 Å². The van der Waals surface area contributed by atoms with Gasteiger partial charge in [0.2, 0.25) is 5.91 Å². The molecule has 4 heteroatoms. The number of primary amides is 1. The quantitative estimate of drug-likeness (QED) is 0.490. The van der Waals surface area contributed by atoms with Crippen LogP contribution in [0.25, 0.3) is 21.5 Å². The number of amides is 2. The number of rotatable bonds is 5. The molecule has 0 saturated carbocycles. The van der Waals surface area contributed by atoms with E-state index in [2.05, 4.69) is 23.5 Å². The lowest BCUT2D eigenvalue weighted by atomic mass is 9.92. The molecule has 4 rings (SSSR count). The minimum absolute atomic E-state index is 0.296. The Morgan fingerprint density at radius 1 is 0.833 bits per heavy atom. The fraction of sp³-hybridized carbons (Fsp3) is 0.154. The van der Waals surface area contributed by atoms with Crippen molar-refractivity contribution >= 4 is 33.4 Å². The minimum atomic E-state index is -0.812. The van der Waals surface area contributed by atoms with E-state index in [0.29, 0.717) is 12.0 Å². The second kappa shape index (κ2) is 7.99. The molecule has 0 aromatic heterocycles. The number of hydrogen-bond acceptors (Lipinski definition) is 2. The molecule has 4 aromatic carbocycles. The van der Waals surface area contributed by atoms with Gasteiger partial charge in [-0.2, -0.15) is 0 Å². The molecule has 0 unspecified atom stereocenters. The molecule has 0 saturated heterocycles. The molecule has 0 spiro atoms. The van der Waals surface area contributed by atoms with Gasteiger partial charge in [0.05, 0.1) is 0 Å². The van der Waals surface area contributed by atoms with Crippen LogP contribution in [0, 0.1) is 13.8 Å². The fourth-order valence-corrected chi connectivity index (χ4v) is 4.10. The highest BCUT2D eigenvalue weighted by Crippen LogP contribution is 2.29. The standard InChI is InChI=1S/C26H24N2O2/c1-16-11-17(2)13-20(12-16)26(30)28-24(25(27)29)15-23-21-9-5-3-7-18(21)14-19-8-4-6-10-22(19)23/h3-14,24H,15H2,1-2H3,(H2,27,29)(H,28,30)/t24-/m0/s1. The van der Waals surface area contributed by atoms with Gasteiger partial charge in [0, 0.05) is 12.0 Å². The summed E-state index contributed by atoms with van der Waals surface area (Å²) in [7, 11) is 0. The smallest absolute Gasteiger partial charge is 0.251 e. The molecular formula is C26H24N2O2. The largest absolute Gasteiger partial charge is 0.368 e. The van der Waals surface area contributed by atoms with Gasteiger partial charge < -0.3 is 11.1 Å². The van der Waals surface area contributed by atoms with Gasteiger partial charge in [-0.05, 0) is 59.2 Å². The minimum Gasteiger partial charge on any atom is -0.368 e. The monoisotopic (exact) mass is 396 g/mol. The molecular weight excluding hydrogens is 372 g/mol. The van der Waals surface area contributed by atoms with E-state index in [4.69, 9.17) is 5.73 Å². The Morgan fingerprint density at radius 3 is 1.90 bits per heavy atom. The Morgan fingerprint density at radius 2 is 1.37 bits per heavy atom. The van der Waals surface area contributed by atoms with Gasteiger partial charge in [-0.15, -0.1) is 0 Å². The first-order chi connectivity index (χ1) is 14.4. The van der Waals surface area contributed by atoms with E-state index in [1.807, 2.05) is 68.4 Å². The second-order valence-corrected chi connectivity index (χ2v) is 7.81. The van der Waals surface area contributed by atoms with Crippen LogP contribution >= 0.6 is 0 Å². The molecule has 4 nitrogen and oxygen atoms in total. The summed E-state index contributed by atoms with van der Waals surface area (Å²) in [5.41, 5.74) is 9.23. The number of fused-ring (bicyclic) bond motifs is 2. The molecule has 2 amide bonds. The van der Waals surface area contributed by atoms with Gasteiger partial charge in [-0.3, -0.25) is 9.59 Å². The third-order valence-electron chi connectivity index (χ3n) is 5.42. The van der Waals surface area contributed by atoms with Crippen molar-refractivity contribution in [3.8, 4) is 0 Å². The van der Waals surface area contributed by atoms with Crippen molar-refractivity contribution in [3.63, 3.8) is 0 Å². The van der Waals surface area contributed by atoms with Gasteiger partial charge in [-0.1, -0.05) is 65.7 Å². The molecule has 0 bridgehead atoms. The number of aryl methyl sites for hydroxylation is 2. The molecule has 150 valence electrons. The molecule has 0 aliphatic rings. The summed E-state index contributed by atoms with van der Waals surface area (Å²) in [5.74, 6) is -0.847. The van der Waals surface area contributed by atoms with Crippen molar-refractivity contribution in [1.29, 1.82) is 0 Å². The molecule has 0 fully saturated rings. The average Bonchev–Trinajstić information content (AvgIpc) is 2.72. The van der Waals surface area contributed by atoms with Crippen LogP contribution in [0.1, 0.15) is 27.0 Å². The van der Waals surface area contributed by atoms with Crippen LogP contribution in [0.3, 0.4) is 0 Å². The Kier molecular flexibility index (Phi) is 5.23. The number of carbonyl (C=O) groups is 2. The van der Waals surface area contributed by atoms with Gasteiger partial charge in [0.15, 0.2) is 0 Å². The summed E-state index contributed by atoms with van der Waals surface area (Å²) in [5, 5.41) is 7.15. The lowest BCUT2D eigenvalue weighted by Gasteiger charge is -2.19. The lowest BCUT2D eigenvalue weighted by molar-refractivity contribution is -0.119.